The minimum Gasteiger partial charge on any atom is -0.369 e. The molecule has 5 heteroatoms. The van der Waals surface area contributed by atoms with Crippen molar-refractivity contribution in [2.24, 2.45) is 0 Å². The van der Waals surface area contributed by atoms with Crippen LogP contribution in [0.25, 0.3) is 0 Å². The zero-order valence-corrected chi connectivity index (χ0v) is 8.08. The lowest BCUT2D eigenvalue weighted by Gasteiger charge is -1.99. The number of nitrogens with zero attached hydrogens (tertiary/aromatic N) is 3. The van der Waals surface area contributed by atoms with Gasteiger partial charge in [-0.3, -0.25) is 0 Å². The molecule has 0 unspecified atom stereocenters. The van der Waals surface area contributed by atoms with E-state index < -0.39 is 0 Å². The van der Waals surface area contributed by atoms with Gasteiger partial charge in [-0.15, -0.1) is 11.3 Å². The van der Waals surface area contributed by atoms with Gasteiger partial charge in [0.1, 0.15) is 5.01 Å². The highest BCUT2D eigenvalue weighted by molar-refractivity contribution is 7.09. The van der Waals surface area contributed by atoms with Gasteiger partial charge in [0.15, 0.2) is 0 Å². The molecule has 0 saturated carbocycles. The quantitative estimate of drug-likeness (QED) is 0.783. The number of rotatable bonds is 2. The summed E-state index contributed by atoms with van der Waals surface area (Å²) in [6.07, 6.45) is 3.72. The lowest BCUT2D eigenvalue weighted by Crippen LogP contribution is -2.02. The Morgan fingerprint density at radius 1 is 1.62 bits per heavy atom. The number of thiazole rings is 1. The Morgan fingerprint density at radius 3 is 3.00 bits per heavy atom. The van der Waals surface area contributed by atoms with Crippen molar-refractivity contribution in [2.75, 3.05) is 5.73 Å². The summed E-state index contributed by atoms with van der Waals surface area (Å²) in [5, 5.41) is 3.00. The Hall–Kier alpha value is -1.36. The molecule has 0 bridgehead atoms. The molecule has 0 aliphatic rings. The molecule has 2 aromatic heterocycles. The molecular weight excluding hydrogens is 184 g/mol. The van der Waals surface area contributed by atoms with Crippen molar-refractivity contribution < 1.29 is 0 Å². The van der Waals surface area contributed by atoms with Crippen molar-refractivity contribution in [3.63, 3.8) is 0 Å². The lowest BCUT2D eigenvalue weighted by molar-refractivity contribution is 0.802. The van der Waals surface area contributed by atoms with Crippen LogP contribution in [0.5, 0.6) is 0 Å². The molecule has 0 fully saturated rings. The number of hydrogen-bond donors (Lipinski definition) is 1. The summed E-state index contributed by atoms with van der Waals surface area (Å²) in [4.78, 5) is 8.29. The molecule has 13 heavy (non-hydrogen) atoms. The smallest absolute Gasteiger partial charge is 0.200 e. The van der Waals surface area contributed by atoms with Crippen molar-refractivity contribution >= 4 is 17.3 Å². The van der Waals surface area contributed by atoms with E-state index in [0.29, 0.717) is 12.5 Å². The highest BCUT2D eigenvalue weighted by atomic mass is 32.1. The van der Waals surface area contributed by atoms with E-state index in [4.69, 9.17) is 5.73 Å². The van der Waals surface area contributed by atoms with Gasteiger partial charge in [0.2, 0.25) is 5.95 Å². The van der Waals surface area contributed by atoms with Crippen LogP contribution in [0.2, 0.25) is 0 Å². The first kappa shape index (κ1) is 8.25. The predicted octanol–water partition coefficient (Wildman–Crippen LogP) is 1.28. The minimum absolute atomic E-state index is 0.549. The van der Waals surface area contributed by atoms with E-state index in [1.54, 1.807) is 17.5 Å². The molecule has 2 heterocycles. The SMILES string of the molecule is Cc1cn(Cc2nccs2)c(N)n1. The summed E-state index contributed by atoms with van der Waals surface area (Å²) in [5.74, 6) is 0.549. The first-order chi connectivity index (χ1) is 6.25. The second-order valence-corrected chi connectivity index (χ2v) is 3.77. The highest BCUT2D eigenvalue weighted by Gasteiger charge is 2.03. The van der Waals surface area contributed by atoms with Gasteiger partial charge in [-0.1, -0.05) is 0 Å². The molecule has 2 aromatic rings. The van der Waals surface area contributed by atoms with Crippen LogP contribution >= 0.6 is 11.3 Å². The van der Waals surface area contributed by atoms with Crippen LogP contribution in [0, 0.1) is 6.92 Å². The van der Waals surface area contributed by atoms with Crippen LogP contribution in [0.15, 0.2) is 17.8 Å². The van der Waals surface area contributed by atoms with E-state index in [2.05, 4.69) is 9.97 Å². The summed E-state index contributed by atoms with van der Waals surface area (Å²) >= 11 is 1.62. The molecule has 2 N–H and O–H groups in total. The van der Waals surface area contributed by atoms with E-state index in [-0.39, 0.29) is 0 Å². The van der Waals surface area contributed by atoms with Gasteiger partial charge in [0.05, 0.1) is 12.2 Å². The maximum atomic E-state index is 5.69. The third kappa shape index (κ3) is 1.70. The number of nitrogens with two attached hydrogens (primary N) is 1. The Bertz CT molecular complexity index is 390. The molecule has 0 amide bonds. The van der Waals surface area contributed by atoms with Gasteiger partial charge < -0.3 is 10.3 Å². The fourth-order valence-corrected chi connectivity index (χ4v) is 1.78. The van der Waals surface area contributed by atoms with Crippen molar-refractivity contribution in [1.29, 1.82) is 0 Å². The maximum absolute atomic E-state index is 5.69. The van der Waals surface area contributed by atoms with E-state index >= 15 is 0 Å². The highest BCUT2D eigenvalue weighted by Crippen LogP contribution is 2.10. The fraction of sp³-hybridized carbons (Fsp3) is 0.250. The normalized spacial score (nSPS) is 10.5. The van der Waals surface area contributed by atoms with Crippen LogP contribution in [-0.2, 0) is 6.54 Å². The number of aromatic nitrogens is 3. The number of aryl methyl sites for hydroxylation is 1. The van der Waals surface area contributed by atoms with Crippen molar-refractivity contribution in [2.45, 2.75) is 13.5 Å². The number of hydrogen-bond acceptors (Lipinski definition) is 4. The molecule has 0 aliphatic carbocycles. The molecule has 0 spiro atoms. The average molecular weight is 194 g/mol. The summed E-state index contributed by atoms with van der Waals surface area (Å²) < 4.78 is 1.90. The van der Waals surface area contributed by atoms with E-state index in [0.717, 1.165) is 10.7 Å². The van der Waals surface area contributed by atoms with Gasteiger partial charge in [0, 0.05) is 17.8 Å². The molecule has 68 valence electrons. The average Bonchev–Trinajstić information content (AvgIpc) is 2.63. The summed E-state index contributed by atoms with van der Waals surface area (Å²) in [7, 11) is 0. The van der Waals surface area contributed by atoms with E-state index in [1.165, 1.54) is 0 Å². The van der Waals surface area contributed by atoms with Gasteiger partial charge in [-0.05, 0) is 6.92 Å². The Balaban J connectivity index is 2.23. The maximum Gasteiger partial charge on any atom is 0.200 e. The molecular formula is C8H10N4S. The van der Waals surface area contributed by atoms with Crippen LogP contribution in [0.1, 0.15) is 10.7 Å². The third-order valence-corrected chi connectivity index (χ3v) is 2.48. The van der Waals surface area contributed by atoms with Gasteiger partial charge in [0.25, 0.3) is 0 Å². The summed E-state index contributed by atoms with van der Waals surface area (Å²) in [6, 6.07) is 0. The second-order valence-electron chi connectivity index (χ2n) is 2.79. The number of nitrogen functional groups attached to an aromatic ring is 1. The van der Waals surface area contributed by atoms with Gasteiger partial charge in [-0.25, -0.2) is 9.97 Å². The zero-order chi connectivity index (χ0) is 9.26. The van der Waals surface area contributed by atoms with Crippen molar-refractivity contribution in [3.8, 4) is 0 Å². The van der Waals surface area contributed by atoms with Crippen LogP contribution in [0.3, 0.4) is 0 Å². The van der Waals surface area contributed by atoms with E-state index in [9.17, 15) is 0 Å². The molecule has 0 aromatic carbocycles. The number of imidazole rings is 1. The largest absolute Gasteiger partial charge is 0.369 e. The monoisotopic (exact) mass is 194 g/mol. The fourth-order valence-electron chi connectivity index (χ4n) is 1.17. The summed E-state index contributed by atoms with van der Waals surface area (Å²) in [5.41, 5.74) is 6.63. The van der Waals surface area contributed by atoms with Crippen LogP contribution in [0.4, 0.5) is 5.95 Å². The Morgan fingerprint density at radius 2 is 2.46 bits per heavy atom. The predicted molar refractivity (Wildman–Crippen MR) is 52.6 cm³/mol. The Kier molecular flexibility index (Phi) is 2.02. The summed E-state index contributed by atoms with van der Waals surface area (Å²) in [6.45, 7) is 2.64. The van der Waals surface area contributed by atoms with Gasteiger partial charge >= 0.3 is 0 Å². The Labute approximate surface area is 80.1 Å². The molecule has 2 rings (SSSR count). The van der Waals surface area contributed by atoms with Crippen molar-refractivity contribution in [1.82, 2.24) is 14.5 Å². The first-order valence-electron chi connectivity index (χ1n) is 3.93. The molecule has 0 aliphatic heterocycles. The van der Waals surface area contributed by atoms with E-state index in [1.807, 2.05) is 23.1 Å². The van der Waals surface area contributed by atoms with Crippen molar-refractivity contribution in [3.05, 3.63) is 28.5 Å². The third-order valence-electron chi connectivity index (χ3n) is 1.72. The molecule has 0 saturated heterocycles. The van der Waals surface area contributed by atoms with Gasteiger partial charge in [-0.2, -0.15) is 0 Å². The zero-order valence-electron chi connectivity index (χ0n) is 7.27. The topological polar surface area (TPSA) is 56.7 Å². The van der Waals surface area contributed by atoms with Crippen LogP contribution in [-0.4, -0.2) is 14.5 Å². The molecule has 4 nitrogen and oxygen atoms in total. The molecule has 0 atom stereocenters. The molecule has 0 radical (unpaired) electrons. The lowest BCUT2D eigenvalue weighted by atomic mass is 10.5. The van der Waals surface area contributed by atoms with Crippen LogP contribution < -0.4 is 5.73 Å². The second kappa shape index (κ2) is 3.18. The first-order valence-corrected chi connectivity index (χ1v) is 4.81. The number of anilines is 1. The minimum atomic E-state index is 0.549. The standard InChI is InChI=1S/C8H10N4S/c1-6-4-12(8(9)11-6)5-7-10-2-3-13-7/h2-4H,5H2,1H3,(H2,9,11).